The quantitative estimate of drug-likeness (QED) is 0.154. The molecule has 0 amide bonds. The molecular formula is C17H28N2O9. The summed E-state index contributed by atoms with van der Waals surface area (Å²) in [6, 6.07) is 0. The van der Waals surface area contributed by atoms with E-state index < -0.39 is 54.1 Å². The molecule has 1 rings (SSSR count). The fourth-order valence-electron chi connectivity index (χ4n) is 3.16. The molecule has 1 saturated heterocycles. The standard InChI is InChI=1S/C17H28N2O9/c18-8-6-4-2-1-3-5-7-9(19)27-17(26)13-11(15(22)23)10(14(20)21)12(28-13)16(24)25/h9-13H,1-8,18-19H2,(H,20,21)(H,22,23)(H,24,25). The fourth-order valence-corrected chi connectivity index (χ4v) is 3.16. The van der Waals surface area contributed by atoms with Crippen molar-refractivity contribution in [1.29, 1.82) is 0 Å². The lowest BCUT2D eigenvalue weighted by atomic mass is 9.87. The van der Waals surface area contributed by atoms with Crippen molar-refractivity contribution in [1.82, 2.24) is 0 Å². The molecule has 0 aliphatic carbocycles. The van der Waals surface area contributed by atoms with Gasteiger partial charge in [0.15, 0.2) is 18.4 Å². The fraction of sp³-hybridized carbons (Fsp3) is 0.765. The van der Waals surface area contributed by atoms with Crippen LogP contribution in [0.4, 0.5) is 0 Å². The van der Waals surface area contributed by atoms with Crippen LogP contribution >= 0.6 is 0 Å². The van der Waals surface area contributed by atoms with Crippen LogP contribution in [-0.2, 0) is 28.7 Å². The Bertz CT molecular complexity index is 569. The van der Waals surface area contributed by atoms with Gasteiger partial charge in [-0.1, -0.05) is 25.7 Å². The number of hydrogen-bond acceptors (Lipinski definition) is 8. The molecule has 0 aromatic carbocycles. The molecule has 11 heteroatoms. The molecule has 1 aliphatic rings. The van der Waals surface area contributed by atoms with Gasteiger partial charge >= 0.3 is 23.9 Å². The molecule has 7 N–H and O–H groups in total. The van der Waals surface area contributed by atoms with Crippen LogP contribution in [0.3, 0.4) is 0 Å². The minimum atomic E-state index is -1.97. The van der Waals surface area contributed by atoms with Crippen molar-refractivity contribution in [3.63, 3.8) is 0 Å². The lowest BCUT2D eigenvalue weighted by Crippen LogP contribution is -2.41. The van der Waals surface area contributed by atoms with Crippen molar-refractivity contribution in [3.05, 3.63) is 0 Å². The smallest absolute Gasteiger partial charge is 0.337 e. The van der Waals surface area contributed by atoms with Crippen LogP contribution in [0.25, 0.3) is 0 Å². The SMILES string of the molecule is NCCCCCCCCC(N)OC(=O)C1OC(C(=O)O)C(C(=O)O)C1C(=O)O. The van der Waals surface area contributed by atoms with Crippen molar-refractivity contribution in [2.75, 3.05) is 6.54 Å². The lowest BCUT2D eigenvalue weighted by Gasteiger charge is -2.19. The second kappa shape index (κ2) is 11.6. The molecule has 0 aromatic rings. The van der Waals surface area contributed by atoms with Crippen LogP contribution < -0.4 is 11.5 Å². The summed E-state index contributed by atoms with van der Waals surface area (Å²) in [5.74, 6) is -10.0. The van der Waals surface area contributed by atoms with Gasteiger partial charge in [0.25, 0.3) is 0 Å². The minimum Gasteiger partial charge on any atom is -0.481 e. The third-order valence-electron chi connectivity index (χ3n) is 4.59. The topological polar surface area (TPSA) is 199 Å². The highest BCUT2D eigenvalue weighted by Gasteiger charge is 2.58. The Morgan fingerprint density at radius 2 is 1.32 bits per heavy atom. The number of aliphatic carboxylic acids is 3. The Hall–Kier alpha value is -2.24. The number of hydrogen-bond donors (Lipinski definition) is 5. The number of ether oxygens (including phenoxy) is 2. The number of carboxylic acid groups (broad SMARTS) is 3. The molecule has 160 valence electrons. The van der Waals surface area contributed by atoms with Gasteiger partial charge < -0.3 is 30.5 Å². The summed E-state index contributed by atoms with van der Waals surface area (Å²) in [5.41, 5.74) is 11.1. The summed E-state index contributed by atoms with van der Waals surface area (Å²) in [4.78, 5) is 46.1. The number of carbonyl (C=O) groups excluding carboxylic acids is 1. The first-order chi connectivity index (χ1) is 13.2. The van der Waals surface area contributed by atoms with E-state index in [-0.39, 0.29) is 0 Å². The Balaban J connectivity index is 2.58. The van der Waals surface area contributed by atoms with E-state index in [0.717, 1.165) is 32.1 Å². The average Bonchev–Trinajstić information content (AvgIpc) is 3.02. The Labute approximate surface area is 162 Å². The molecule has 0 radical (unpaired) electrons. The molecule has 0 aromatic heterocycles. The second-order valence-electron chi connectivity index (χ2n) is 6.72. The van der Waals surface area contributed by atoms with E-state index in [1.165, 1.54) is 0 Å². The highest BCUT2D eigenvalue weighted by atomic mass is 16.6. The van der Waals surface area contributed by atoms with Gasteiger partial charge in [0.05, 0.1) is 0 Å². The van der Waals surface area contributed by atoms with E-state index in [0.29, 0.717) is 19.4 Å². The Morgan fingerprint density at radius 1 is 0.821 bits per heavy atom. The van der Waals surface area contributed by atoms with Gasteiger partial charge in [-0.2, -0.15) is 0 Å². The molecule has 0 saturated carbocycles. The maximum Gasteiger partial charge on any atom is 0.337 e. The summed E-state index contributed by atoms with van der Waals surface area (Å²) in [6.07, 6.45) is 1.06. The molecule has 0 bridgehead atoms. The largest absolute Gasteiger partial charge is 0.481 e. The third kappa shape index (κ3) is 6.73. The van der Waals surface area contributed by atoms with Crippen molar-refractivity contribution < 1.29 is 44.0 Å². The summed E-state index contributed by atoms with van der Waals surface area (Å²) < 4.78 is 9.88. The van der Waals surface area contributed by atoms with E-state index >= 15 is 0 Å². The summed E-state index contributed by atoms with van der Waals surface area (Å²) in [5, 5.41) is 27.5. The van der Waals surface area contributed by atoms with Gasteiger partial charge in [-0.25, -0.2) is 9.59 Å². The van der Waals surface area contributed by atoms with Gasteiger partial charge in [-0.15, -0.1) is 0 Å². The van der Waals surface area contributed by atoms with E-state index in [4.69, 9.17) is 31.2 Å². The van der Waals surface area contributed by atoms with Crippen LogP contribution in [0.15, 0.2) is 0 Å². The number of carboxylic acids is 3. The zero-order chi connectivity index (χ0) is 21.3. The van der Waals surface area contributed by atoms with Gasteiger partial charge in [-0.3, -0.25) is 15.3 Å². The van der Waals surface area contributed by atoms with E-state index in [1.807, 2.05) is 0 Å². The van der Waals surface area contributed by atoms with Crippen molar-refractivity contribution >= 4 is 23.9 Å². The Morgan fingerprint density at radius 3 is 1.82 bits per heavy atom. The van der Waals surface area contributed by atoms with Crippen LogP contribution in [0.2, 0.25) is 0 Å². The zero-order valence-corrected chi connectivity index (χ0v) is 15.5. The molecule has 5 unspecified atom stereocenters. The average molecular weight is 404 g/mol. The van der Waals surface area contributed by atoms with Gasteiger partial charge in [0, 0.05) is 0 Å². The predicted molar refractivity (Wildman–Crippen MR) is 94.0 cm³/mol. The number of unbranched alkanes of at least 4 members (excludes halogenated alkanes) is 5. The highest BCUT2D eigenvalue weighted by molar-refractivity contribution is 5.92. The molecule has 1 fully saturated rings. The van der Waals surface area contributed by atoms with E-state index in [2.05, 4.69) is 0 Å². The highest BCUT2D eigenvalue weighted by Crippen LogP contribution is 2.34. The number of rotatable bonds is 13. The predicted octanol–water partition coefficient (Wildman–Crippen LogP) is -0.243. The van der Waals surface area contributed by atoms with Crippen LogP contribution in [0.1, 0.15) is 44.9 Å². The van der Waals surface area contributed by atoms with Gasteiger partial charge in [-0.05, 0) is 25.8 Å². The molecular weight excluding hydrogens is 376 g/mol. The first-order valence-corrected chi connectivity index (χ1v) is 9.20. The maximum atomic E-state index is 12.2. The Kier molecular flexibility index (Phi) is 9.83. The molecule has 1 heterocycles. The summed E-state index contributed by atoms with van der Waals surface area (Å²) in [7, 11) is 0. The number of esters is 1. The molecule has 1 aliphatic heterocycles. The molecule has 0 spiro atoms. The zero-order valence-electron chi connectivity index (χ0n) is 15.5. The number of nitrogens with two attached hydrogens (primary N) is 2. The van der Waals surface area contributed by atoms with Crippen LogP contribution in [0.5, 0.6) is 0 Å². The molecule has 28 heavy (non-hydrogen) atoms. The van der Waals surface area contributed by atoms with Crippen molar-refractivity contribution in [2.45, 2.75) is 63.4 Å². The van der Waals surface area contributed by atoms with E-state index in [9.17, 15) is 24.3 Å². The van der Waals surface area contributed by atoms with Crippen molar-refractivity contribution in [3.8, 4) is 0 Å². The first kappa shape index (κ1) is 23.8. The molecule has 5 atom stereocenters. The summed E-state index contributed by atoms with van der Waals surface area (Å²) >= 11 is 0. The maximum absolute atomic E-state index is 12.2. The third-order valence-corrected chi connectivity index (χ3v) is 4.59. The number of carbonyl (C=O) groups is 4. The van der Waals surface area contributed by atoms with Crippen LogP contribution in [-0.4, -0.2) is 64.2 Å². The lowest BCUT2D eigenvalue weighted by molar-refractivity contribution is -0.171. The summed E-state index contributed by atoms with van der Waals surface area (Å²) in [6.45, 7) is 0.660. The first-order valence-electron chi connectivity index (χ1n) is 9.20. The van der Waals surface area contributed by atoms with E-state index in [1.54, 1.807) is 0 Å². The van der Waals surface area contributed by atoms with Crippen molar-refractivity contribution in [2.24, 2.45) is 23.3 Å². The second-order valence-corrected chi connectivity index (χ2v) is 6.72. The van der Waals surface area contributed by atoms with Gasteiger partial charge in [0.2, 0.25) is 0 Å². The van der Waals surface area contributed by atoms with Crippen LogP contribution in [0, 0.1) is 11.8 Å². The normalized spacial score (nSPS) is 25.2. The monoisotopic (exact) mass is 404 g/mol. The van der Waals surface area contributed by atoms with Gasteiger partial charge in [0.1, 0.15) is 11.8 Å². The minimum absolute atomic E-state index is 0.331. The molecule has 11 nitrogen and oxygen atoms in total.